The van der Waals surface area contributed by atoms with Crippen molar-refractivity contribution < 1.29 is 47.0 Å². The Balaban J connectivity index is 1.10. The molecule has 9 atom stereocenters. The first kappa shape index (κ1) is 48.4. The fraction of sp³-hybridized carbons (Fsp3) is 0.276. The second-order valence-corrected chi connectivity index (χ2v) is 19.6. The highest BCUT2D eigenvalue weighted by atomic mass is 31.2. The van der Waals surface area contributed by atoms with Crippen LogP contribution in [0.2, 0.25) is 0 Å². The molecule has 2 aliphatic rings. The highest BCUT2D eigenvalue weighted by molar-refractivity contribution is 7.67. The fourth-order valence-corrected chi connectivity index (χ4v) is 11.3. The summed E-state index contributed by atoms with van der Waals surface area (Å²) >= 11 is 0. The van der Waals surface area contributed by atoms with Crippen LogP contribution < -0.4 is 5.30 Å². The van der Waals surface area contributed by atoms with E-state index >= 15 is 4.57 Å². The number of hydrogen-bond acceptors (Lipinski definition) is 10. The van der Waals surface area contributed by atoms with Crippen molar-refractivity contribution in [3.8, 4) is 0 Å². The van der Waals surface area contributed by atoms with Crippen LogP contribution in [0, 0.1) is 0 Å². The standard InChI is InChI=1S/C58H59O10P/c59-69(50-34-20-7-21-35-50)58(56(65-41-49-32-18-6-19-33-49)54(63-39-47-28-14-4-15-29-47)52(68-69)43-61-37-45-24-10-2-11-25-45)67-57-55(64-40-48-30-16-5-17-31-48)53(62-38-46-26-12-3-13-27-46)51(66-57)42-60-36-44-22-8-1-9-23-44/h1-35,51-58H,36-43H2/t51-,52-,53-,54-,55-,56+,57?,58-,69+/m1/s1. The Morgan fingerprint density at radius 3 is 1.09 bits per heavy atom. The van der Waals surface area contributed by atoms with Crippen molar-refractivity contribution in [2.45, 2.75) is 88.4 Å². The fourth-order valence-electron chi connectivity index (χ4n) is 8.65. The lowest BCUT2D eigenvalue weighted by Gasteiger charge is -2.46. The van der Waals surface area contributed by atoms with Crippen molar-refractivity contribution in [2.75, 3.05) is 13.2 Å². The van der Waals surface area contributed by atoms with Crippen LogP contribution in [0.15, 0.2) is 212 Å². The average Bonchev–Trinajstić information content (AvgIpc) is 3.74. The monoisotopic (exact) mass is 946 g/mol. The van der Waals surface area contributed by atoms with E-state index in [0.717, 1.165) is 33.4 Å². The van der Waals surface area contributed by atoms with Crippen molar-refractivity contribution >= 4 is 12.7 Å². The highest BCUT2D eigenvalue weighted by Gasteiger charge is 2.59. The summed E-state index contributed by atoms with van der Waals surface area (Å²) in [5, 5.41) is 0.456. The molecule has 0 saturated carbocycles. The number of rotatable bonds is 23. The van der Waals surface area contributed by atoms with E-state index in [1.165, 1.54) is 0 Å². The quantitative estimate of drug-likeness (QED) is 0.0576. The molecule has 7 aromatic carbocycles. The van der Waals surface area contributed by atoms with E-state index in [0.29, 0.717) is 18.5 Å². The van der Waals surface area contributed by atoms with E-state index in [2.05, 4.69) is 0 Å². The maximum absolute atomic E-state index is 16.4. The zero-order valence-corrected chi connectivity index (χ0v) is 39.4. The Bertz CT molecular complexity index is 2580. The molecule has 0 aromatic heterocycles. The molecular formula is C58H59O10P. The van der Waals surface area contributed by atoms with E-state index in [1.54, 1.807) is 0 Å². The van der Waals surface area contributed by atoms with Gasteiger partial charge in [-0.1, -0.05) is 200 Å². The summed E-state index contributed by atoms with van der Waals surface area (Å²) in [7, 11) is -4.09. The number of benzene rings is 7. The predicted molar refractivity (Wildman–Crippen MR) is 264 cm³/mol. The number of ether oxygens (including phenoxy) is 8. The van der Waals surface area contributed by atoms with Gasteiger partial charge >= 0.3 is 0 Å². The minimum Gasteiger partial charge on any atom is -0.374 e. The maximum atomic E-state index is 16.4. The van der Waals surface area contributed by atoms with Gasteiger partial charge in [0.05, 0.1) is 52.9 Å². The molecule has 11 heteroatoms. The lowest BCUT2D eigenvalue weighted by atomic mass is 10.1. The van der Waals surface area contributed by atoms with Crippen LogP contribution in [0.3, 0.4) is 0 Å². The van der Waals surface area contributed by atoms with Gasteiger partial charge in [0.1, 0.15) is 36.6 Å². The minimum absolute atomic E-state index is 0.0576. The average molecular weight is 947 g/mol. The van der Waals surface area contributed by atoms with Gasteiger partial charge in [-0.3, -0.25) is 4.57 Å². The van der Waals surface area contributed by atoms with Crippen LogP contribution in [0.1, 0.15) is 33.4 Å². The topological polar surface area (TPSA) is 100 Å². The Kier molecular flexibility index (Phi) is 17.4. The first-order chi connectivity index (χ1) is 34.1. The molecule has 1 unspecified atom stereocenters. The molecule has 2 saturated heterocycles. The Morgan fingerprint density at radius 2 is 0.681 bits per heavy atom. The molecule has 0 radical (unpaired) electrons. The van der Waals surface area contributed by atoms with E-state index in [1.807, 2.05) is 212 Å². The van der Waals surface area contributed by atoms with Gasteiger partial charge in [0.25, 0.3) is 7.37 Å². The predicted octanol–water partition coefficient (Wildman–Crippen LogP) is 10.8. The molecule has 2 aliphatic heterocycles. The normalized spacial score (nSPS) is 24.5. The molecule has 0 aliphatic carbocycles. The molecule has 356 valence electrons. The Morgan fingerprint density at radius 1 is 0.362 bits per heavy atom. The molecule has 0 amide bonds. The van der Waals surface area contributed by atoms with Gasteiger partial charge in [0.15, 0.2) is 12.1 Å². The minimum atomic E-state index is -4.09. The molecule has 2 fully saturated rings. The zero-order valence-electron chi connectivity index (χ0n) is 38.5. The van der Waals surface area contributed by atoms with Crippen LogP contribution in [-0.4, -0.2) is 62.0 Å². The molecule has 2 heterocycles. The van der Waals surface area contributed by atoms with E-state index < -0.39 is 56.1 Å². The molecule has 7 aromatic rings. The molecular weight excluding hydrogens is 888 g/mol. The van der Waals surface area contributed by atoms with Gasteiger partial charge in [-0.25, -0.2) is 0 Å². The molecule has 0 N–H and O–H groups in total. The van der Waals surface area contributed by atoms with Gasteiger partial charge in [-0.15, -0.1) is 0 Å². The van der Waals surface area contributed by atoms with Crippen molar-refractivity contribution in [3.05, 3.63) is 246 Å². The summed E-state index contributed by atoms with van der Waals surface area (Å²) < 4.78 is 78.1. The Labute approximate surface area is 405 Å². The SMILES string of the molecule is O=[P@@]1(c2ccccc2)O[C@H](COCc2ccccc2)[C@@H](OCc2ccccc2)[C@H](OCc2ccccc2)[C@@H]1OC1O[C@H](COCc2ccccc2)[C@@H](OCc2ccccc2)[C@H]1OCc1ccccc1. The summed E-state index contributed by atoms with van der Waals surface area (Å²) in [5.74, 6) is -1.26. The summed E-state index contributed by atoms with van der Waals surface area (Å²) in [6.07, 6.45) is -5.95. The lowest BCUT2D eigenvalue weighted by molar-refractivity contribution is -0.240. The van der Waals surface area contributed by atoms with Crippen molar-refractivity contribution in [1.82, 2.24) is 0 Å². The van der Waals surface area contributed by atoms with Crippen molar-refractivity contribution in [3.63, 3.8) is 0 Å². The van der Waals surface area contributed by atoms with Crippen LogP contribution in [-0.2, 0) is 86.6 Å². The van der Waals surface area contributed by atoms with Gasteiger partial charge in [0.2, 0.25) is 0 Å². The van der Waals surface area contributed by atoms with Crippen LogP contribution in [0.5, 0.6) is 0 Å². The smallest absolute Gasteiger partial charge is 0.263 e. The van der Waals surface area contributed by atoms with Gasteiger partial charge in [0, 0.05) is 5.30 Å². The number of hydrogen-bond donors (Lipinski definition) is 0. The summed E-state index contributed by atoms with van der Waals surface area (Å²) in [6, 6.07) is 68.8. The third kappa shape index (κ3) is 13.2. The highest BCUT2D eigenvalue weighted by Crippen LogP contribution is 2.59. The van der Waals surface area contributed by atoms with E-state index in [4.69, 9.17) is 42.4 Å². The van der Waals surface area contributed by atoms with Gasteiger partial charge < -0.3 is 42.4 Å². The van der Waals surface area contributed by atoms with Crippen molar-refractivity contribution in [2.24, 2.45) is 0 Å². The first-order valence-electron chi connectivity index (χ1n) is 23.6. The first-order valence-corrected chi connectivity index (χ1v) is 25.3. The summed E-state index contributed by atoms with van der Waals surface area (Å²) in [5.41, 5.74) is 5.81. The zero-order chi connectivity index (χ0) is 46.9. The molecule has 0 bridgehead atoms. The lowest BCUT2D eigenvalue weighted by Crippen LogP contribution is -2.57. The van der Waals surface area contributed by atoms with E-state index in [-0.39, 0.29) is 39.6 Å². The second kappa shape index (κ2) is 24.8. The van der Waals surface area contributed by atoms with Gasteiger partial charge in [-0.2, -0.15) is 0 Å². The summed E-state index contributed by atoms with van der Waals surface area (Å²) in [4.78, 5) is 0. The summed E-state index contributed by atoms with van der Waals surface area (Å²) in [6.45, 7) is 1.78. The molecule has 0 spiro atoms. The third-order valence-corrected chi connectivity index (χ3v) is 14.9. The third-order valence-electron chi connectivity index (χ3n) is 12.2. The van der Waals surface area contributed by atoms with Crippen LogP contribution in [0.25, 0.3) is 0 Å². The molecule has 10 nitrogen and oxygen atoms in total. The molecule has 69 heavy (non-hydrogen) atoms. The molecule has 9 rings (SSSR count). The van der Waals surface area contributed by atoms with E-state index in [9.17, 15) is 0 Å². The van der Waals surface area contributed by atoms with Crippen LogP contribution in [0.4, 0.5) is 0 Å². The Hall–Kier alpha value is -5.59. The largest absolute Gasteiger partial charge is 0.374 e. The second-order valence-electron chi connectivity index (χ2n) is 17.2. The van der Waals surface area contributed by atoms with Gasteiger partial charge in [-0.05, 0) is 45.5 Å². The van der Waals surface area contributed by atoms with Crippen molar-refractivity contribution in [1.29, 1.82) is 0 Å². The van der Waals surface area contributed by atoms with Crippen LogP contribution >= 0.6 is 7.37 Å². The maximum Gasteiger partial charge on any atom is 0.263 e.